The van der Waals surface area contributed by atoms with Crippen molar-refractivity contribution in [3.8, 4) is 43.4 Å². The van der Waals surface area contributed by atoms with E-state index < -0.39 is 17.8 Å². The lowest BCUT2D eigenvalue weighted by Crippen LogP contribution is -2.21. The molecule has 0 radical (unpaired) electrons. The molecule has 1 aromatic rings. The topological polar surface area (TPSA) is 167 Å². The maximum Gasteiger partial charge on any atom is 0.259 e. The van der Waals surface area contributed by atoms with E-state index in [0.29, 0.717) is 14.7 Å². The van der Waals surface area contributed by atoms with Gasteiger partial charge in [0.25, 0.3) is 17.8 Å². The van der Waals surface area contributed by atoms with Crippen LogP contribution in [0.2, 0.25) is 0 Å². The van der Waals surface area contributed by atoms with Crippen LogP contribution in [0.5, 0.6) is 0 Å². The number of terminal acetylenes is 1. The molecule has 0 aromatic carbocycles. The van der Waals surface area contributed by atoms with E-state index in [1.807, 2.05) is 6.04 Å². The van der Waals surface area contributed by atoms with Crippen molar-refractivity contribution in [2.24, 2.45) is 0 Å². The Labute approximate surface area is 118 Å². The molecule has 0 aliphatic heterocycles. The molecule has 1 rings (SSSR count). The first kappa shape index (κ1) is 14.5. The van der Waals surface area contributed by atoms with Crippen LogP contribution in [0, 0.1) is 69.7 Å². The van der Waals surface area contributed by atoms with Crippen LogP contribution in [0.3, 0.4) is 0 Å². The summed E-state index contributed by atoms with van der Waals surface area (Å²) >= 11 is 0. The van der Waals surface area contributed by atoms with Gasteiger partial charge in [0.2, 0.25) is 24.8 Å². The highest BCUT2D eigenvalue weighted by Crippen LogP contribution is 2.17. The highest BCUT2D eigenvalue weighted by atomic mass is 15.4. The summed E-state index contributed by atoms with van der Waals surface area (Å²) in [6, 6.07) is 1.92. The van der Waals surface area contributed by atoms with Gasteiger partial charge in [0.1, 0.15) is 0 Å². The minimum atomic E-state index is -0.494. The fourth-order valence-corrected chi connectivity index (χ4v) is 0.998. The van der Waals surface area contributed by atoms with E-state index in [-0.39, 0.29) is 0 Å². The molecule has 0 aliphatic carbocycles. The minimum absolute atomic E-state index is 0.383. The molecule has 0 N–H and O–H groups in total. The van der Waals surface area contributed by atoms with Crippen LogP contribution in [0.25, 0.3) is 0 Å². The zero-order valence-corrected chi connectivity index (χ0v) is 10.00. The number of nitriles is 5. The summed E-state index contributed by atoms with van der Waals surface area (Å²) in [4.78, 5) is 12.2. The van der Waals surface area contributed by atoms with Crippen LogP contribution in [0.15, 0.2) is 0 Å². The van der Waals surface area contributed by atoms with Gasteiger partial charge in [-0.05, 0) is 0 Å². The Bertz CT molecular complexity index is 637. The predicted molar refractivity (Wildman–Crippen MR) is 64.2 cm³/mol. The van der Waals surface area contributed by atoms with Gasteiger partial charge in [-0.3, -0.25) is 0 Å². The van der Waals surface area contributed by atoms with Crippen molar-refractivity contribution in [1.29, 1.82) is 26.3 Å². The maximum atomic E-state index is 8.81. The normalized spacial score (nSPS) is 7.71. The van der Waals surface area contributed by atoms with E-state index >= 15 is 0 Å². The van der Waals surface area contributed by atoms with E-state index in [0.717, 1.165) is 0 Å². The third kappa shape index (κ3) is 2.81. The first-order chi connectivity index (χ1) is 10.1. The average Bonchev–Trinajstić information content (AvgIpc) is 2.51. The highest BCUT2D eigenvalue weighted by molar-refractivity contribution is 5.56. The second kappa shape index (κ2) is 6.38. The Morgan fingerprint density at radius 2 is 0.905 bits per heavy atom. The van der Waals surface area contributed by atoms with Crippen LogP contribution in [0.1, 0.15) is 0 Å². The van der Waals surface area contributed by atoms with Crippen molar-refractivity contribution in [2.75, 3.05) is 14.7 Å². The van der Waals surface area contributed by atoms with Crippen LogP contribution in [0.4, 0.5) is 17.8 Å². The Kier molecular flexibility index (Phi) is 4.40. The summed E-state index contributed by atoms with van der Waals surface area (Å²) in [6.07, 6.45) is 12.4. The van der Waals surface area contributed by atoms with Gasteiger partial charge < -0.3 is 0 Å². The van der Waals surface area contributed by atoms with E-state index in [1.165, 1.54) is 24.8 Å². The molecule has 1 aromatic heterocycles. The predicted octanol–water partition coefficient (Wildman–Crippen LogP) is -0.713. The van der Waals surface area contributed by atoms with E-state index in [9.17, 15) is 0 Å². The Morgan fingerprint density at radius 3 is 1.14 bits per heavy atom. The molecule has 11 heteroatoms. The third-order valence-corrected chi connectivity index (χ3v) is 1.83. The number of aromatic nitrogens is 3. The molecule has 96 valence electrons. The maximum absolute atomic E-state index is 8.81. The lowest BCUT2D eigenvalue weighted by Gasteiger charge is -2.11. The largest absolute Gasteiger partial charge is 0.259 e. The molecule has 0 spiro atoms. The zero-order chi connectivity index (χ0) is 15.8. The first-order valence-corrected chi connectivity index (χ1v) is 4.76. The number of hydrogen-bond donors (Lipinski definition) is 0. The quantitative estimate of drug-likeness (QED) is 0.387. The molecular weight excluding hydrogens is 274 g/mol. The van der Waals surface area contributed by atoms with Crippen molar-refractivity contribution < 1.29 is 0 Å². The smallest absolute Gasteiger partial charge is 0.173 e. The van der Waals surface area contributed by atoms with Gasteiger partial charge in [-0.1, -0.05) is 6.42 Å². The summed E-state index contributed by atoms with van der Waals surface area (Å²) in [6.45, 7) is 0. The number of nitrogens with zero attached hydrogens (tertiary/aromatic N) is 11. The lowest BCUT2D eigenvalue weighted by molar-refractivity contribution is 0.969. The zero-order valence-electron chi connectivity index (χ0n) is 10.00. The standard InChI is InChI=1S/C10HN11/c1-2-19(3-11)8-16-9(20(4-12)5-13)18-10(17-8)21(6-14)7-15/h1H. The third-order valence-electron chi connectivity index (χ3n) is 1.83. The number of rotatable bonds is 3. The fraction of sp³-hybridized carbons (Fsp3) is 0. The van der Waals surface area contributed by atoms with Gasteiger partial charge in [-0.2, -0.15) is 46.2 Å². The van der Waals surface area contributed by atoms with Crippen molar-refractivity contribution >= 4 is 17.8 Å². The van der Waals surface area contributed by atoms with Crippen molar-refractivity contribution in [3.05, 3.63) is 0 Å². The monoisotopic (exact) mass is 275 g/mol. The Hall–Kier alpha value is -4.58. The van der Waals surface area contributed by atoms with E-state index in [4.69, 9.17) is 32.7 Å². The van der Waals surface area contributed by atoms with Crippen molar-refractivity contribution in [1.82, 2.24) is 15.0 Å². The SMILES string of the molecule is C#CN(C#N)c1nc(N(C#N)C#N)nc(N(C#N)C#N)n1. The number of anilines is 3. The van der Waals surface area contributed by atoms with E-state index in [1.54, 1.807) is 6.19 Å². The molecule has 0 aliphatic rings. The molecule has 0 fully saturated rings. The average molecular weight is 275 g/mol. The van der Waals surface area contributed by atoms with Gasteiger partial charge in [0.15, 0.2) is 6.19 Å². The van der Waals surface area contributed by atoms with Gasteiger partial charge >= 0.3 is 0 Å². The van der Waals surface area contributed by atoms with Crippen LogP contribution in [-0.2, 0) is 0 Å². The van der Waals surface area contributed by atoms with Gasteiger partial charge in [0, 0.05) is 6.04 Å². The van der Waals surface area contributed by atoms with Gasteiger partial charge in [0.05, 0.1) is 0 Å². The molecule has 0 saturated carbocycles. The molecule has 0 saturated heterocycles. The second-order valence-electron chi connectivity index (χ2n) is 2.87. The van der Waals surface area contributed by atoms with Crippen LogP contribution in [-0.4, -0.2) is 15.0 Å². The molecule has 0 bridgehead atoms. The number of hydrogen-bond acceptors (Lipinski definition) is 11. The summed E-state index contributed by atoms with van der Waals surface area (Å²) in [5.41, 5.74) is 0. The molecule has 0 amide bonds. The molecular formula is C10HN11. The fourth-order valence-electron chi connectivity index (χ4n) is 0.998. The van der Waals surface area contributed by atoms with Gasteiger partial charge in [-0.15, -0.1) is 9.80 Å². The Balaban J connectivity index is 3.58. The molecule has 11 nitrogen and oxygen atoms in total. The second-order valence-corrected chi connectivity index (χ2v) is 2.87. The summed E-state index contributed by atoms with van der Waals surface area (Å²) in [7, 11) is 0. The van der Waals surface area contributed by atoms with Crippen LogP contribution < -0.4 is 14.7 Å². The minimum Gasteiger partial charge on any atom is -0.173 e. The summed E-state index contributed by atoms with van der Waals surface area (Å²) in [5.74, 6) is -1.41. The summed E-state index contributed by atoms with van der Waals surface area (Å²) < 4.78 is 0. The summed E-state index contributed by atoms with van der Waals surface area (Å²) in [5, 5.41) is 43.8. The van der Waals surface area contributed by atoms with Crippen molar-refractivity contribution in [3.63, 3.8) is 0 Å². The highest BCUT2D eigenvalue weighted by Gasteiger charge is 2.19. The van der Waals surface area contributed by atoms with Gasteiger partial charge in [-0.25, -0.2) is 0 Å². The van der Waals surface area contributed by atoms with E-state index in [2.05, 4.69) is 15.0 Å². The lowest BCUT2D eigenvalue weighted by atomic mass is 10.6. The molecule has 21 heavy (non-hydrogen) atoms. The first-order valence-electron chi connectivity index (χ1n) is 4.76. The van der Waals surface area contributed by atoms with Crippen LogP contribution >= 0.6 is 0 Å². The van der Waals surface area contributed by atoms with Crippen molar-refractivity contribution in [2.45, 2.75) is 0 Å². The molecule has 1 heterocycles. The molecule has 0 unspecified atom stereocenters. The molecule has 0 atom stereocenters. The Morgan fingerprint density at radius 1 is 0.619 bits per heavy atom.